The van der Waals surface area contributed by atoms with E-state index in [9.17, 15) is 22.8 Å². The van der Waals surface area contributed by atoms with Gasteiger partial charge in [-0.1, -0.05) is 6.07 Å². The smallest absolute Gasteiger partial charge is 0.384 e. The molecule has 4 rings (SSSR count). The molecule has 35 heavy (non-hydrogen) atoms. The molecule has 2 heterocycles. The maximum absolute atomic E-state index is 13.4. The first-order valence-corrected chi connectivity index (χ1v) is 10.9. The molecule has 1 aliphatic heterocycles. The van der Waals surface area contributed by atoms with Gasteiger partial charge in [0.15, 0.2) is 0 Å². The van der Waals surface area contributed by atoms with E-state index in [-0.39, 0.29) is 12.2 Å². The van der Waals surface area contributed by atoms with Crippen molar-refractivity contribution in [2.24, 2.45) is 0 Å². The highest BCUT2D eigenvalue weighted by Crippen LogP contribution is 2.37. The molecule has 7 nitrogen and oxygen atoms in total. The van der Waals surface area contributed by atoms with Gasteiger partial charge in [0.2, 0.25) is 0 Å². The van der Waals surface area contributed by atoms with Gasteiger partial charge in [0.05, 0.1) is 28.4 Å². The van der Waals surface area contributed by atoms with E-state index in [0.717, 1.165) is 27.6 Å². The Morgan fingerprint density at radius 3 is 2.60 bits per heavy atom. The van der Waals surface area contributed by atoms with Gasteiger partial charge in [-0.25, -0.2) is 9.69 Å². The average molecular weight is 481 g/mol. The number of pyridine rings is 1. The Morgan fingerprint density at radius 1 is 1.11 bits per heavy atom. The lowest BCUT2D eigenvalue weighted by Gasteiger charge is -2.27. The maximum atomic E-state index is 13.4. The molecule has 0 atom stereocenters. The van der Waals surface area contributed by atoms with Crippen molar-refractivity contribution in [1.29, 1.82) is 5.26 Å². The average Bonchev–Trinajstić information content (AvgIpc) is 2.99. The molecule has 1 aliphatic rings. The largest absolute Gasteiger partial charge is 0.417 e. The van der Waals surface area contributed by atoms with E-state index in [1.165, 1.54) is 17.0 Å². The molecule has 0 saturated carbocycles. The number of urea groups is 1. The molecule has 180 valence electrons. The first kappa shape index (κ1) is 24.0. The van der Waals surface area contributed by atoms with Gasteiger partial charge in [-0.2, -0.15) is 18.4 Å². The molecule has 3 amide bonds. The van der Waals surface area contributed by atoms with Crippen LogP contribution in [0.1, 0.15) is 31.4 Å². The zero-order valence-corrected chi connectivity index (χ0v) is 19.1. The van der Waals surface area contributed by atoms with E-state index in [4.69, 9.17) is 5.26 Å². The fourth-order valence-electron chi connectivity index (χ4n) is 4.16. The fraction of sp³-hybridized carbons (Fsp3) is 0.280. The number of halogens is 3. The molecule has 0 aliphatic carbocycles. The van der Waals surface area contributed by atoms with Crippen LogP contribution in [0.5, 0.6) is 0 Å². The van der Waals surface area contributed by atoms with Gasteiger partial charge in [-0.3, -0.25) is 9.78 Å². The first-order chi connectivity index (χ1) is 16.6. The molecular formula is C25H22F3N5O2. The van der Waals surface area contributed by atoms with Gasteiger partial charge >= 0.3 is 12.2 Å². The summed E-state index contributed by atoms with van der Waals surface area (Å²) < 4.78 is 40.2. The Bertz CT molecular complexity index is 1340. The summed E-state index contributed by atoms with van der Waals surface area (Å²) in [5, 5.41) is 13.3. The standard InChI is InChI=1S/C25H22F3N5O2/c1-24(2)22(34)33(17-10-9-16(15-29)19(14-17)25(26,27)28)23(35)32(24)13-5-12-31-21-8-3-7-20-18(21)6-4-11-30-20/h3-4,6-11,14,31H,5,12-13H2,1-2H3. The van der Waals surface area contributed by atoms with Crippen LogP contribution in [-0.4, -0.2) is 40.5 Å². The highest BCUT2D eigenvalue weighted by molar-refractivity contribution is 6.23. The van der Waals surface area contributed by atoms with Gasteiger partial charge in [0.25, 0.3) is 5.91 Å². The van der Waals surface area contributed by atoms with Crippen molar-refractivity contribution in [2.45, 2.75) is 32.0 Å². The van der Waals surface area contributed by atoms with Crippen LogP contribution in [0.25, 0.3) is 10.9 Å². The third-order valence-corrected chi connectivity index (χ3v) is 6.03. The summed E-state index contributed by atoms with van der Waals surface area (Å²) in [5.41, 5.74) is -1.50. The number of rotatable bonds is 6. The second-order valence-corrected chi connectivity index (χ2v) is 8.63. The van der Waals surface area contributed by atoms with E-state index in [1.807, 2.05) is 30.3 Å². The molecule has 10 heteroatoms. The minimum atomic E-state index is -4.80. The lowest BCUT2D eigenvalue weighted by atomic mass is 10.0. The van der Waals surface area contributed by atoms with Crippen molar-refractivity contribution in [3.05, 3.63) is 65.9 Å². The van der Waals surface area contributed by atoms with Gasteiger partial charge < -0.3 is 10.2 Å². The molecule has 0 radical (unpaired) electrons. The molecule has 0 bridgehead atoms. The van der Waals surface area contributed by atoms with E-state index in [0.29, 0.717) is 19.0 Å². The fourth-order valence-corrected chi connectivity index (χ4v) is 4.16. The number of anilines is 2. The predicted molar refractivity (Wildman–Crippen MR) is 125 cm³/mol. The van der Waals surface area contributed by atoms with Crippen molar-refractivity contribution in [1.82, 2.24) is 9.88 Å². The Morgan fingerprint density at radius 2 is 1.89 bits per heavy atom. The van der Waals surface area contributed by atoms with E-state index in [2.05, 4.69) is 10.3 Å². The molecule has 1 N–H and O–H groups in total. The van der Waals surface area contributed by atoms with Crippen LogP contribution >= 0.6 is 0 Å². The van der Waals surface area contributed by atoms with Crippen molar-refractivity contribution >= 4 is 34.2 Å². The number of hydrogen-bond donors (Lipinski definition) is 1. The molecule has 3 aromatic rings. The highest BCUT2D eigenvalue weighted by Gasteiger charge is 2.51. The van der Waals surface area contributed by atoms with Crippen molar-refractivity contribution < 1.29 is 22.8 Å². The van der Waals surface area contributed by atoms with Crippen LogP contribution in [0.3, 0.4) is 0 Å². The zero-order valence-electron chi connectivity index (χ0n) is 19.1. The lowest BCUT2D eigenvalue weighted by molar-refractivity contribution is -0.137. The SMILES string of the molecule is CC1(C)C(=O)N(c2ccc(C#N)c(C(F)(F)F)c2)C(=O)N1CCCNc1cccc2ncccc12. The van der Waals surface area contributed by atoms with Crippen LogP contribution in [0.4, 0.5) is 29.3 Å². The van der Waals surface area contributed by atoms with Crippen molar-refractivity contribution in [2.75, 3.05) is 23.3 Å². The monoisotopic (exact) mass is 481 g/mol. The Labute approximate surface area is 199 Å². The molecular weight excluding hydrogens is 459 g/mol. The second kappa shape index (κ2) is 8.91. The molecule has 0 spiro atoms. The Kier molecular flexibility index (Phi) is 6.11. The molecule has 0 unspecified atom stereocenters. The number of carbonyl (C=O) groups excluding carboxylic acids is 2. The summed E-state index contributed by atoms with van der Waals surface area (Å²) in [6.07, 6.45) is -2.60. The normalized spacial score (nSPS) is 15.5. The number of benzene rings is 2. The number of aromatic nitrogens is 1. The summed E-state index contributed by atoms with van der Waals surface area (Å²) >= 11 is 0. The maximum Gasteiger partial charge on any atom is 0.417 e. The minimum Gasteiger partial charge on any atom is -0.384 e. The minimum absolute atomic E-state index is 0.215. The van der Waals surface area contributed by atoms with E-state index >= 15 is 0 Å². The number of fused-ring (bicyclic) bond motifs is 1. The lowest BCUT2D eigenvalue weighted by Crippen LogP contribution is -2.45. The number of carbonyl (C=O) groups is 2. The van der Waals surface area contributed by atoms with Gasteiger partial charge in [0.1, 0.15) is 5.54 Å². The highest BCUT2D eigenvalue weighted by atomic mass is 19.4. The number of nitrogens with zero attached hydrogens (tertiary/aromatic N) is 4. The number of hydrogen-bond acceptors (Lipinski definition) is 5. The van der Waals surface area contributed by atoms with Crippen LogP contribution in [0.15, 0.2) is 54.7 Å². The number of nitriles is 1. The van der Waals surface area contributed by atoms with Gasteiger partial charge in [-0.15, -0.1) is 0 Å². The van der Waals surface area contributed by atoms with E-state index in [1.54, 1.807) is 20.0 Å². The summed E-state index contributed by atoms with van der Waals surface area (Å²) in [5.74, 6) is -0.631. The zero-order chi connectivity index (χ0) is 25.4. The first-order valence-electron chi connectivity index (χ1n) is 10.9. The van der Waals surface area contributed by atoms with E-state index < -0.39 is 34.8 Å². The van der Waals surface area contributed by atoms with Gasteiger partial charge in [-0.05, 0) is 62.7 Å². The topological polar surface area (TPSA) is 89.3 Å². The predicted octanol–water partition coefficient (Wildman–Crippen LogP) is 5.17. The number of alkyl halides is 3. The molecule has 2 aromatic carbocycles. The second-order valence-electron chi connectivity index (χ2n) is 8.63. The summed E-state index contributed by atoms with van der Waals surface area (Å²) in [6.45, 7) is 3.83. The number of nitrogens with one attached hydrogen (secondary N) is 1. The molecule has 1 fully saturated rings. The van der Waals surface area contributed by atoms with Gasteiger partial charge in [0, 0.05) is 30.4 Å². The molecule has 1 saturated heterocycles. The van der Waals surface area contributed by atoms with Crippen molar-refractivity contribution in [3.63, 3.8) is 0 Å². The van der Waals surface area contributed by atoms with Crippen molar-refractivity contribution in [3.8, 4) is 6.07 Å². The third kappa shape index (κ3) is 4.37. The van der Waals surface area contributed by atoms with Crippen LogP contribution in [0.2, 0.25) is 0 Å². The third-order valence-electron chi connectivity index (χ3n) is 6.03. The van der Waals surface area contributed by atoms with Crippen LogP contribution < -0.4 is 10.2 Å². The summed E-state index contributed by atoms with van der Waals surface area (Å²) in [7, 11) is 0. The van der Waals surface area contributed by atoms with Crippen LogP contribution in [0, 0.1) is 11.3 Å². The number of imide groups is 1. The summed E-state index contributed by atoms with van der Waals surface area (Å²) in [6, 6.07) is 13.1. The Hall–Kier alpha value is -4.13. The quantitative estimate of drug-likeness (QED) is 0.387. The Balaban J connectivity index is 1.50. The van der Waals surface area contributed by atoms with Crippen LogP contribution in [-0.2, 0) is 11.0 Å². The number of amides is 3. The molecule has 1 aromatic heterocycles. The summed E-state index contributed by atoms with van der Waals surface area (Å²) in [4.78, 5) is 32.6.